The van der Waals surface area contributed by atoms with Crippen LogP contribution in [0.4, 0.5) is 4.39 Å². The van der Waals surface area contributed by atoms with E-state index < -0.39 is 0 Å². The van der Waals surface area contributed by atoms with Gasteiger partial charge in [0, 0.05) is 18.2 Å². The lowest BCUT2D eigenvalue weighted by atomic mass is 10.2. The molecule has 0 spiro atoms. The van der Waals surface area contributed by atoms with Gasteiger partial charge in [-0.15, -0.1) is 0 Å². The van der Waals surface area contributed by atoms with E-state index in [0.717, 1.165) is 18.4 Å². The summed E-state index contributed by atoms with van der Waals surface area (Å²) in [7, 11) is 0. The molecule has 25 heavy (non-hydrogen) atoms. The van der Waals surface area contributed by atoms with Crippen LogP contribution in [0.2, 0.25) is 0 Å². The lowest BCUT2D eigenvalue weighted by Crippen LogP contribution is -2.46. The standard InChI is InChI=1S/C19H20FN3O2/c20-16-8-6-14(7-9-16)12-23(17-10-11-17)13-18(24)21-22-19(25)15-4-2-1-3-5-15/h1-9,17H,10-13H2,(H,21,24)(H,22,25). The van der Waals surface area contributed by atoms with E-state index >= 15 is 0 Å². The molecule has 0 atom stereocenters. The molecular weight excluding hydrogens is 321 g/mol. The van der Waals surface area contributed by atoms with Gasteiger partial charge in [0.2, 0.25) is 0 Å². The number of amides is 2. The maximum Gasteiger partial charge on any atom is 0.269 e. The third kappa shape index (κ3) is 5.12. The van der Waals surface area contributed by atoms with Crippen molar-refractivity contribution in [3.63, 3.8) is 0 Å². The van der Waals surface area contributed by atoms with Gasteiger partial charge in [0.1, 0.15) is 5.82 Å². The van der Waals surface area contributed by atoms with Gasteiger partial charge in [-0.1, -0.05) is 30.3 Å². The highest BCUT2D eigenvalue weighted by Crippen LogP contribution is 2.28. The highest BCUT2D eigenvalue weighted by Gasteiger charge is 2.30. The van der Waals surface area contributed by atoms with Crippen LogP contribution in [0.25, 0.3) is 0 Å². The molecule has 1 aliphatic carbocycles. The van der Waals surface area contributed by atoms with Gasteiger partial charge in [0.15, 0.2) is 0 Å². The SMILES string of the molecule is O=C(CN(Cc1ccc(F)cc1)C1CC1)NNC(=O)c1ccccc1. The van der Waals surface area contributed by atoms with Gasteiger partial charge in [-0.05, 0) is 42.7 Å². The first-order chi connectivity index (χ1) is 12.1. The first-order valence-electron chi connectivity index (χ1n) is 8.24. The van der Waals surface area contributed by atoms with Gasteiger partial charge in [-0.3, -0.25) is 25.3 Å². The van der Waals surface area contributed by atoms with Crippen molar-refractivity contribution in [2.45, 2.75) is 25.4 Å². The summed E-state index contributed by atoms with van der Waals surface area (Å²) >= 11 is 0. The molecule has 1 aliphatic rings. The third-order valence-corrected chi connectivity index (χ3v) is 4.06. The summed E-state index contributed by atoms with van der Waals surface area (Å²) in [5.74, 6) is -0.910. The van der Waals surface area contributed by atoms with Crippen molar-refractivity contribution in [1.82, 2.24) is 15.8 Å². The molecule has 0 aliphatic heterocycles. The minimum absolute atomic E-state index is 0.178. The van der Waals surface area contributed by atoms with Crippen molar-refractivity contribution in [3.05, 3.63) is 71.5 Å². The molecular formula is C19H20FN3O2. The zero-order valence-corrected chi connectivity index (χ0v) is 13.7. The number of halogens is 1. The first-order valence-corrected chi connectivity index (χ1v) is 8.24. The second-order valence-corrected chi connectivity index (χ2v) is 6.13. The predicted molar refractivity (Wildman–Crippen MR) is 91.9 cm³/mol. The van der Waals surface area contributed by atoms with E-state index in [1.54, 1.807) is 36.4 Å². The highest BCUT2D eigenvalue weighted by atomic mass is 19.1. The van der Waals surface area contributed by atoms with Crippen LogP contribution in [-0.4, -0.2) is 29.3 Å². The summed E-state index contributed by atoms with van der Waals surface area (Å²) < 4.78 is 13.0. The summed E-state index contributed by atoms with van der Waals surface area (Å²) in [6.07, 6.45) is 2.09. The van der Waals surface area contributed by atoms with Crippen molar-refractivity contribution in [1.29, 1.82) is 0 Å². The maximum atomic E-state index is 13.0. The number of rotatable bonds is 6. The molecule has 1 fully saturated rings. The zero-order valence-electron chi connectivity index (χ0n) is 13.7. The fourth-order valence-electron chi connectivity index (χ4n) is 2.59. The minimum Gasteiger partial charge on any atom is -0.287 e. The van der Waals surface area contributed by atoms with Crippen LogP contribution in [0.5, 0.6) is 0 Å². The van der Waals surface area contributed by atoms with Crippen molar-refractivity contribution in [2.24, 2.45) is 0 Å². The number of nitrogens with zero attached hydrogens (tertiary/aromatic N) is 1. The summed E-state index contributed by atoms with van der Waals surface area (Å²) in [6.45, 7) is 0.752. The number of carbonyl (C=O) groups excluding carboxylic acids is 2. The second kappa shape index (κ2) is 7.90. The van der Waals surface area contributed by atoms with Crippen LogP contribution >= 0.6 is 0 Å². The molecule has 130 valence electrons. The zero-order chi connectivity index (χ0) is 17.6. The first kappa shape index (κ1) is 17.1. The molecule has 0 heterocycles. The Hall–Kier alpha value is -2.73. The Labute approximate surface area is 145 Å². The molecule has 0 unspecified atom stereocenters. The lowest BCUT2D eigenvalue weighted by Gasteiger charge is -2.21. The molecule has 2 N–H and O–H groups in total. The number of carbonyl (C=O) groups is 2. The van der Waals surface area contributed by atoms with E-state index in [9.17, 15) is 14.0 Å². The number of nitrogens with one attached hydrogen (secondary N) is 2. The summed E-state index contributed by atoms with van der Waals surface area (Å²) in [6, 6.07) is 15.3. The molecule has 2 aromatic carbocycles. The van der Waals surface area contributed by atoms with Crippen LogP contribution in [0.1, 0.15) is 28.8 Å². The number of benzene rings is 2. The molecule has 2 aromatic rings. The van der Waals surface area contributed by atoms with Gasteiger partial charge >= 0.3 is 0 Å². The van der Waals surface area contributed by atoms with E-state index in [0.29, 0.717) is 18.2 Å². The van der Waals surface area contributed by atoms with Crippen LogP contribution in [0.15, 0.2) is 54.6 Å². The molecule has 2 amide bonds. The Balaban J connectivity index is 1.51. The van der Waals surface area contributed by atoms with Crippen molar-refractivity contribution >= 4 is 11.8 Å². The van der Waals surface area contributed by atoms with E-state index in [1.807, 2.05) is 11.0 Å². The van der Waals surface area contributed by atoms with Crippen molar-refractivity contribution < 1.29 is 14.0 Å². The van der Waals surface area contributed by atoms with Gasteiger partial charge in [0.05, 0.1) is 6.54 Å². The molecule has 6 heteroatoms. The average molecular weight is 341 g/mol. The summed E-state index contributed by atoms with van der Waals surface area (Å²) in [5, 5.41) is 0. The number of hydrogen-bond acceptors (Lipinski definition) is 3. The fraction of sp³-hybridized carbons (Fsp3) is 0.263. The van der Waals surface area contributed by atoms with Crippen LogP contribution in [0.3, 0.4) is 0 Å². The largest absolute Gasteiger partial charge is 0.287 e. The maximum absolute atomic E-state index is 13.0. The topological polar surface area (TPSA) is 61.4 Å². The molecule has 5 nitrogen and oxygen atoms in total. The van der Waals surface area contributed by atoms with Gasteiger partial charge < -0.3 is 0 Å². The summed E-state index contributed by atoms with van der Waals surface area (Å²) in [4.78, 5) is 26.1. The Bertz CT molecular complexity index is 730. The van der Waals surface area contributed by atoms with E-state index in [2.05, 4.69) is 10.9 Å². The molecule has 0 saturated heterocycles. The van der Waals surface area contributed by atoms with E-state index in [-0.39, 0.29) is 24.2 Å². The second-order valence-electron chi connectivity index (χ2n) is 6.13. The monoisotopic (exact) mass is 341 g/mol. The number of hydrogen-bond donors (Lipinski definition) is 2. The smallest absolute Gasteiger partial charge is 0.269 e. The quantitative estimate of drug-likeness (QED) is 0.792. The molecule has 0 aromatic heterocycles. The highest BCUT2D eigenvalue weighted by molar-refractivity contribution is 5.95. The normalized spacial score (nSPS) is 13.5. The Kier molecular flexibility index (Phi) is 5.40. The molecule has 3 rings (SSSR count). The lowest BCUT2D eigenvalue weighted by molar-refractivity contribution is -0.123. The third-order valence-electron chi connectivity index (χ3n) is 4.06. The number of hydrazine groups is 1. The predicted octanol–water partition coefficient (Wildman–Crippen LogP) is 2.25. The van der Waals surface area contributed by atoms with Crippen LogP contribution < -0.4 is 10.9 Å². The molecule has 0 bridgehead atoms. The molecule has 1 saturated carbocycles. The Morgan fingerprint density at radius 3 is 2.32 bits per heavy atom. The average Bonchev–Trinajstić information content (AvgIpc) is 3.47. The fourth-order valence-corrected chi connectivity index (χ4v) is 2.59. The van der Waals surface area contributed by atoms with Crippen molar-refractivity contribution in [3.8, 4) is 0 Å². The van der Waals surface area contributed by atoms with Crippen LogP contribution in [-0.2, 0) is 11.3 Å². The van der Waals surface area contributed by atoms with Gasteiger partial charge in [-0.2, -0.15) is 0 Å². The van der Waals surface area contributed by atoms with Gasteiger partial charge in [-0.25, -0.2) is 4.39 Å². The molecule has 0 radical (unpaired) electrons. The van der Waals surface area contributed by atoms with E-state index in [4.69, 9.17) is 0 Å². The van der Waals surface area contributed by atoms with Crippen LogP contribution in [0, 0.1) is 5.82 Å². The Morgan fingerprint density at radius 2 is 1.68 bits per heavy atom. The van der Waals surface area contributed by atoms with Crippen molar-refractivity contribution in [2.75, 3.05) is 6.54 Å². The minimum atomic E-state index is -0.356. The Morgan fingerprint density at radius 1 is 1.00 bits per heavy atom. The van der Waals surface area contributed by atoms with Gasteiger partial charge in [0.25, 0.3) is 11.8 Å². The summed E-state index contributed by atoms with van der Waals surface area (Å²) in [5.41, 5.74) is 6.30. The van der Waals surface area contributed by atoms with E-state index in [1.165, 1.54) is 12.1 Å².